The van der Waals surface area contributed by atoms with Gasteiger partial charge < -0.3 is 30.7 Å². The number of aryl methyl sites for hydroxylation is 2. The number of carbonyl (C=O) groups is 3. The first-order valence-electron chi connectivity index (χ1n) is 9.94. The molecule has 32 heavy (non-hydrogen) atoms. The number of carboxylic acids is 2. The van der Waals surface area contributed by atoms with Crippen molar-refractivity contribution in [2.45, 2.75) is 44.6 Å². The zero-order valence-electron chi connectivity index (χ0n) is 17.0. The Kier molecular flexibility index (Phi) is 6.93. The summed E-state index contributed by atoms with van der Waals surface area (Å²) in [4.78, 5) is 55.4. The number of nitrogens with zero attached hydrogens (tertiary/aromatic N) is 1. The minimum atomic E-state index is -1.32. The Bertz CT molecular complexity index is 1190. The number of H-pyrrole nitrogens is 2. The molecule has 0 saturated heterocycles. The predicted molar refractivity (Wildman–Crippen MR) is 112 cm³/mol. The van der Waals surface area contributed by atoms with Crippen LogP contribution in [0.3, 0.4) is 0 Å². The van der Waals surface area contributed by atoms with Gasteiger partial charge in [-0.25, -0.2) is 4.79 Å². The molecule has 3 aromatic heterocycles. The highest BCUT2D eigenvalue weighted by Gasteiger charge is 2.23. The zero-order valence-corrected chi connectivity index (χ0v) is 17.0. The molecule has 0 aliphatic carbocycles. The first kappa shape index (κ1) is 22.6. The van der Waals surface area contributed by atoms with Crippen LogP contribution in [0.5, 0.6) is 0 Å². The molecule has 0 aliphatic heterocycles. The molecule has 1 atom stereocenters. The molecule has 12 nitrogen and oxygen atoms in total. The molecule has 3 aromatic rings. The number of nitrogens with two attached hydrogens (primary N) is 1. The van der Waals surface area contributed by atoms with Gasteiger partial charge in [0.1, 0.15) is 17.4 Å². The molecule has 0 aliphatic rings. The lowest BCUT2D eigenvalue weighted by Gasteiger charge is -2.12. The molecular weight excluding hydrogens is 422 g/mol. The van der Waals surface area contributed by atoms with Crippen LogP contribution in [0.1, 0.15) is 47.7 Å². The van der Waals surface area contributed by atoms with Crippen LogP contribution in [-0.4, -0.2) is 49.1 Å². The third-order valence-electron chi connectivity index (χ3n) is 4.83. The summed E-state index contributed by atoms with van der Waals surface area (Å²) in [5.74, 6) is -2.61. The largest absolute Gasteiger partial charge is 0.481 e. The van der Waals surface area contributed by atoms with Gasteiger partial charge in [-0.15, -0.1) is 0 Å². The van der Waals surface area contributed by atoms with E-state index >= 15 is 0 Å². The highest BCUT2D eigenvalue weighted by Crippen LogP contribution is 2.15. The van der Waals surface area contributed by atoms with Crippen LogP contribution in [-0.2, 0) is 22.4 Å². The Morgan fingerprint density at radius 1 is 1.16 bits per heavy atom. The fourth-order valence-corrected chi connectivity index (χ4v) is 3.23. The molecule has 3 rings (SSSR count). The number of carbonyl (C=O) groups excluding carboxylic acids is 1. The van der Waals surface area contributed by atoms with Crippen LogP contribution in [0.25, 0.3) is 11.0 Å². The maximum absolute atomic E-state index is 12.2. The average Bonchev–Trinajstić information content (AvgIpc) is 3.35. The van der Waals surface area contributed by atoms with Gasteiger partial charge >= 0.3 is 11.9 Å². The van der Waals surface area contributed by atoms with E-state index in [1.165, 1.54) is 6.07 Å². The minimum Gasteiger partial charge on any atom is -0.481 e. The van der Waals surface area contributed by atoms with Crippen molar-refractivity contribution in [2.75, 3.05) is 5.73 Å². The average molecular weight is 445 g/mol. The maximum Gasteiger partial charge on any atom is 0.326 e. The lowest BCUT2D eigenvalue weighted by atomic mass is 10.1. The quantitative estimate of drug-likeness (QED) is 0.233. The van der Waals surface area contributed by atoms with E-state index in [-0.39, 0.29) is 30.1 Å². The third-order valence-corrected chi connectivity index (χ3v) is 4.83. The van der Waals surface area contributed by atoms with Crippen LogP contribution in [0.15, 0.2) is 27.4 Å². The van der Waals surface area contributed by atoms with Crippen LogP contribution < -0.4 is 16.6 Å². The van der Waals surface area contributed by atoms with E-state index in [0.29, 0.717) is 29.6 Å². The standard InChI is InChI=1S/C20H23N5O7/c21-20-24-16-12(17(28)25-20)9-10(22-16)3-1-2-4-11-5-7-14(32-11)18(29)23-13(19(30)31)6-8-15(26)27/h5,7,9,13H,1-4,6,8H2,(H,23,29)(H,26,27)(H,30,31)(H4,21,22,24,25,28). The second-order valence-electron chi connectivity index (χ2n) is 7.28. The summed E-state index contributed by atoms with van der Waals surface area (Å²) in [7, 11) is 0. The molecule has 1 unspecified atom stereocenters. The second kappa shape index (κ2) is 9.81. The van der Waals surface area contributed by atoms with Crippen molar-refractivity contribution in [2.24, 2.45) is 0 Å². The molecule has 0 saturated carbocycles. The van der Waals surface area contributed by atoms with E-state index in [2.05, 4.69) is 20.3 Å². The number of amides is 1. The second-order valence-corrected chi connectivity index (χ2v) is 7.28. The molecule has 170 valence electrons. The van der Waals surface area contributed by atoms with Gasteiger partial charge in [0.05, 0.1) is 5.39 Å². The van der Waals surface area contributed by atoms with Gasteiger partial charge in [0.2, 0.25) is 5.95 Å². The molecule has 7 N–H and O–H groups in total. The van der Waals surface area contributed by atoms with E-state index in [1.807, 2.05) is 0 Å². The number of fused-ring (bicyclic) bond motifs is 1. The normalized spacial score (nSPS) is 12.0. The van der Waals surface area contributed by atoms with Gasteiger partial charge in [-0.05, 0) is 43.9 Å². The number of nitrogen functional groups attached to an aromatic ring is 1. The number of rotatable bonds is 11. The van der Waals surface area contributed by atoms with Crippen molar-refractivity contribution in [3.05, 3.63) is 45.8 Å². The van der Waals surface area contributed by atoms with E-state index in [1.54, 1.807) is 12.1 Å². The lowest BCUT2D eigenvalue weighted by molar-refractivity contribution is -0.140. The lowest BCUT2D eigenvalue weighted by Crippen LogP contribution is -2.41. The van der Waals surface area contributed by atoms with Crippen molar-refractivity contribution in [3.63, 3.8) is 0 Å². The summed E-state index contributed by atoms with van der Waals surface area (Å²) >= 11 is 0. The van der Waals surface area contributed by atoms with Crippen molar-refractivity contribution in [3.8, 4) is 0 Å². The number of hydrogen-bond donors (Lipinski definition) is 6. The van der Waals surface area contributed by atoms with Gasteiger partial charge in [0.25, 0.3) is 11.5 Å². The van der Waals surface area contributed by atoms with E-state index in [4.69, 9.17) is 20.4 Å². The Morgan fingerprint density at radius 3 is 2.62 bits per heavy atom. The van der Waals surface area contributed by atoms with Gasteiger partial charge in [-0.3, -0.25) is 19.4 Å². The molecule has 12 heteroatoms. The number of nitrogens with one attached hydrogen (secondary N) is 3. The number of furan rings is 1. The van der Waals surface area contributed by atoms with Crippen LogP contribution in [0.2, 0.25) is 0 Å². The van der Waals surface area contributed by atoms with E-state index < -0.39 is 23.9 Å². The molecular formula is C20H23N5O7. The molecule has 0 spiro atoms. The number of aromatic nitrogens is 3. The number of hydrogen-bond acceptors (Lipinski definition) is 7. The topological polar surface area (TPSA) is 204 Å². The number of carboxylic acid groups (broad SMARTS) is 2. The SMILES string of the molecule is Nc1nc2[nH]c(CCCCc3ccc(C(=O)NC(CCC(=O)O)C(=O)O)o3)cc2c(=O)[nH]1. The molecule has 0 bridgehead atoms. The zero-order chi connectivity index (χ0) is 23.3. The van der Waals surface area contributed by atoms with Crippen molar-refractivity contribution in [1.82, 2.24) is 20.3 Å². The fourth-order valence-electron chi connectivity index (χ4n) is 3.23. The first-order chi connectivity index (χ1) is 15.2. The van der Waals surface area contributed by atoms with Crippen LogP contribution in [0, 0.1) is 0 Å². The highest BCUT2D eigenvalue weighted by molar-refractivity contribution is 5.94. The summed E-state index contributed by atoms with van der Waals surface area (Å²) in [6.45, 7) is 0. The number of anilines is 1. The Hall–Kier alpha value is -4.09. The van der Waals surface area contributed by atoms with Gasteiger partial charge in [0, 0.05) is 18.5 Å². The summed E-state index contributed by atoms with van der Waals surface area (Å²) in [5.41, 5.74) is 6.52. The van der Waals surface area contributed by atoms with Gasteiger partial charge in [-0.1, -0.05) is 0 Å². The Morgan fingerprint density at radius 2 is 1.91 bits per heavy atom. The summed E-state index contributed by atoms with van der Waals surface area (Å²) < 4.78 is 5.48. The van der Waals surface area contributed by atoms with Gasteiger partial charge in [0.15, 0.2) is 5.76 Å². The predicted octanol–water partition coefficient (Wildman–Crippen LogP) is 1.04. The summed E-state index contributed by atoms with van der Waals surface area (Å²) in [6, 6.07) is 3.50. The number of unbranched alkanes of at least 4 members (excludes halogenated alkanes) is 1. The van der Waals surface area contributed by atoms with Crippen molar-refractivity contribution < 1.29 is 29.0 Å². The smallest absolute Gasteiger partial charge is 0.326 e. The highest BCUT2D eigenvalue weighted by atomic mass is 16.4. The Labute approximate surface area is 180 Å². The van der Waals surface area contributed by atoms with Crippen LogP contribution >= 0.6 is 0 Å². The molecule has 0 aromatic carbocycles. The first-order valence-corrected chi connectivity index (χ1v) is 9.94. The van der Waals surface area contributed by atoms with E-state index in [0.717, 1.165) is 18.5 Å². The van der Waals surface area contributed by atoms with Crippen LogP contribution in [0.4, 0.5) is 5.95 Å². The monoisotopic (exact) mass is 445 g/mol. The van der Waals surface area contributed by atoms with Crippen molar-refractivity contribution in [1.29, 1.82) is 0 Å². The molecule has 0 fully saturated rings. The Balaban J connectivity index is 1.49. The summed E-state index contributed by atoms with van der Waals surface area (Å²) in [5, 5.41) is 20.5. The molecule has 0 radical (unpaired) electrons. The number of aromatic amines is 2. The molecule has 1 amide bonds. The van der Waals surface area contributed by atoms with E-state index in [9.17, 15) is 19.2 Å². The minimum absolute atomic E-state index is 0.0416. The maximum atomic E-state index is 12.2. The van der Waals surface area contributed by atoms with Crippen molar-refractivity contribution >= 4 is 34.8 Å². The fraction of sp³-hybridized carbons (Fsp3) is 0.350. The number of aliphatic carboxylic acids is 2. The third kappa shape index (κ3) is 5.74. The summed E-state index contributed by atoms with van der Waals surface area (Å²) in [6.07, 6.45) is 2.14. The van der Waals surface area contributed by atoms with Gasteiger partial charge in [-0.2, -0.15) is 4.98 Å². The molecule has 3 heterocycles.